The topological polar surface area (TPSA) is 228 Å². The lowest BCUT2D eigenvalue weighted by Gasteiger charge is -2.46. The van der Waals surface area contributed by atoms with Gasteiger partial charge in [-0.2, -0.15) is 0 Å². The molecule has 0 aromatic heterocycles. The molecular formula is C60H117NO13. The van der Waals surface area contributed by atoms with E-state index in [0.29, 0.717) is 12.8 Å². The zero-order valence-electron chi connectivity index (χ0n) is 47.4. The first-order chi connectivity index (χ1) is 36.1. The molecule has 9 N–H and O–H groups in total. The van der Waals surface area contributed by atoms with Gasteiger partial charge < -0.3 is 65.1 Å². The molecule has 0 aromatic rings. The third kappa shape index (κ3) is 32.2. The lowest BCUT2D eigenvalue weighted by molar-refractivity contribution is -0.359. The third-order valence-electron chi connectivity index (χ3n) is 15.8. The van der Waals surface area contributed by atoms with Crippen LogP contribution in [0.5, 0.6) is 0 Å². The Morgan fingerprint density at radius 1 is 0.432 bits per heavy atom. The second-order valence-electron chi connectivity index (χ2n) is 22.6. The number of amides is 1. The summed E-state index contributed by atoms with van der Waals surface area (Å²) in [6, 6.07) is -0.822. The van der Waals surface area contributed by atoms with Crippen molar-refractivity contribution in [3.8, 4) is 0 Å². The normalized spacial score (nSPS) is 25.1. The molecule has 14 heteroatoms. The Balaban J connectivity index is 1.69. The summed E-state index contributed by atoms with van der Waals surface area (Å²) >= 11 is 0. The van der Waals surface area contributed by atoms with Crippen molar-refractivity contribution in [2.24, 2.45) is 0 Å². The summed E-state index contributed by atoms with van der Waals surface area (Å²) in [5.41, 5.74) is 0. The minimum Gasteiger partial charge on any atom is -0.394 e. The van der Waals surface area contributed by atoms with Crippen molar-refractivity contribution in [1.82, 2.24) is 5.32 Å². The molecule has 14 nitrogen and oxygen atoms in total. The molecule has 0 spiro atoms. The molecule has 0 bridgehead atoms. The maximum atomic E-state index is 13.3. The van der Waals surface area contributed by atoms with Crippen LogP contribution in [0, 0.1) is 0 Å². The van der Waals surface area contributed by atoms with E-state index in [0.717, 1.165) is 51.4 Å². The highest BCUT2D eigenvalue weighted by Gasteiger charge is 2.51. The van der Waals surface area contributed by atoms with Gasteiger partial charge in [0.1, 0.15) is 48.8 Å². The summed E-state index contributed by atoms with van der Waals surface area (Å²) in [6.07, 6.45) is 35.4. The Kier molecular flexibility index (Phi) is 43.8. The first kappa shape index (κ1) is 69.1. The molecule has 0 aliphatic carbocycles. The SMILES string of the molecule is CCCCCCCCCCCCCCCCCCCCCCCCCCCCC(O)C(COC1OC(CO)C(OC2OC(CO)C(O)C(O)C2O)C(O)C1O)NC(=O)CCCCCCCCCCCCCCCC. The number of rotatable bonds is 51. The monoisotopic (exact) mass is 1060 g/mol. The molecule has 440 valence electrons. The molecule has 2 aliphatic heterocycles. The molecule has 2 rings (SSSR count). The summed E-state index contributed by atoms with van der Waals surface area (Å²) in [4.78, 5) is 13.3. The van der Waals surface area contributed by atoms with E-state index in [1.807, 2.05) is 0 Å². The highest BCUT2D eigenvalue weighted by atomic mass is 16.7. The van der Waals surface area contributed by atoms with Gasteiger partial charge in [-0.1, -0.05) is 264 Å². The fraction of sp³-hybridized carbons (Fsp3) is 0.983. The molecular weight excluding hydrogens is 943 g/mol. The number of ether oxygens (including phenoxy) is 4. The van der Waals surface area contributed by atoms with Crippen LogP contribution in [0.25, 0.3) is 0 Å². The van der Waals surface area contributed by atoms with Crippen LogP contribution < -0.4 is 5.32 Å². The molecule has 0 saturated carbocycles. The second-order valence-corrected chi connectivity index (χ2v) is 22.6. The molecule has 74 heavy (non-hydrogen) atoms. The number of unbranched alkanes of at least 4 members (excludes halogenated alkanes) is 38. The zero-order chi connectivity index (χ0) is 53.9. The van der Waals surface area contributed by atoms with Crippen molar-refractivity contribution in [2.45, 2.75) is 357 Å². The maximum Gasteiger partial charge on any atom is 0.220 e. The Bertz CT molecular complexity index is 1250. The van der Waals surface area contributed by atoms with Crippen LogP contribution in [-0.2, 0) is 23.7 Å². The standard InChI is InChI=1S/C60H117NO13/c1-3-5-7-9-11-13-15-17-19-20-21-22-23-24-25-26-27-28-29-30-31-33-35-37-39-41-43-49(64)48(61-52(65)44-42-40-38-36-34-32-18-16-14-12-10-8-6-4-2)47-71-59-57(70)55(68)58(51(46-63)73-59)74-60-56(69)54(67)53(66)50(45-62)72-60/h48-51,53-60,62-64,66-70H,3-47H2,1-2H3,(H,61,65). The van der Waals surface area contributed by atoms with E-state index in [9.17, 15) is 45.6 Å². The summed E-state index contributed by atoms with van der Waals surface area (Å²) in [5, 5.41) is 87.3. The molecule has 2 aliphatic rings. The lowest BCUT2D eigenvalue weighted by atomic mass is 9.97. The van der Waals surface area contributed by atoms with E-state index < -0.39 is 86.8 Å². The minimum atomic E-state index is -1.78. The van der Waals surface area contributed by atoms with Gasteiger partial charge in [0.05, 0.1) is 32.0 Å². The molecule has 0 radical (unpaired) electrons. The summed E-state index contributed by atoms with van der Waals surface area (Å²) in [6.45, 7) is 2.90. The van der Waals surface area contributed by atoms with Crippen LogP contribution in [0.4, 0.5) is 0 Å². The van der Waals surface area contributed by atoms with Crippen LogP contribution in [0.15, 0.2) is 0 Å². The number of aliphatic hydroxyl groups excluding tert-OH is 8. The van der Waals surface area contributed by atoms with Gasteiger partial charge in [0.25, 0.3) is 0 Å². The fourth-order valence-electron chi connectivity index (χ4n) is 10.8. The van der Waals surface area contributed by atoms with E-state index in [4.69, 9.17) is 18.9 Å². The highest BCUT2D eigenvalue weighted by molar-refractivity contribution is 5.76. The van der Waals surface area contributed by atoms with E-state index in [1.165, 1.54) is 205 Å². The van der Waals surface area contributed by atoms with Crippen LogP contribution >= 0.6 is 0 Å². The van der Waals surface area contributed by atoms with E-state index in [1.54, 1.807) is 0 Å². The Hall–Kier alpha value is -1.01. The maximum absolute atomic E-state index is 13.3. The van der Waals surface area contributed by atoms with Crippen molar-refractivity contribution in [3.05, 3.63) is 0 Å². The number of nitrogens with one attached hydrogen (secondary N) is 1. The molecule has 2 saturated heterocycles. The van der Waals surface area contributed by atoms with Gasteiger partial charge in [0.15, 0.2) is 12.6 Å². The van der Waals surface area contributed by atoms with Crippen molar-refractivity contribution in [1.29, 1.82) is 0 Å². The Labute approximate surface area is 451 Å². The van der Waals surface area contributed by atoms with Gasteiger partial charge in [-0.05, 0) is 12.8 Å². The minimum absolute atomic E-state index is 0.201. The van der Waals surface area contributed by atoms with Gasteiger partial charge in [-0.15, -0.1) is 0 Å². The smallest absolute Gasteiger partial charge is 0.220 e. The van der Waals surface area contributed by atoms with Gasteiger partial charge in [0.2, 0.25) is 5.91 Å². The number of hydrogen-bond donors (Lipinski definition) is 9. The summed E-state index contributed by atoms with van der Waals surface area (Å²) in [7, 11) is 0. The van der Waals surface area contributed by atoms with Crippen LogP contribution in [0.1, 0.15) is 284 Å². The quantitative estimate of drug-likeness (QED) is 0.0259. The van der Waals surface area contributed by atoms with Crippen molar-refractivity contribution in [3.63, 3.8) is 0 Å². The lowest BCUT2D eigenvalue weighted by Crippen LogP contribution is -2.65. The van der Waals surface area contributed by atoms with Crippen LogP contribution in [-0.4, -0.2) is 140 Å². The predicted octanol–water partition coefficient (Wildman–Crippen LogP) is 10.9. The average Bonchev–Trinajstić information content (AvgIpc) is 3.40. The van der Waals surface area contributed by atoms with E-state index >= 15 is 0 Å². The molecule has 12 unspecified atom stereocenters. The van der Waals surface area contributed by atoms with Crippen molar-refractivity contribution >= 4 is 5.91 Å². The predicted molar refractivity (Wildman–Crippen MR) is 296 cm³/mol. The highest BCUT2D eigenvalue weighted by Crippen LogP contribution is 2.30. The molecule has 0 aromatic carbocycles. The number of aliphatic hydroxyl groups is 8. The van der Waals surface area contributed by atoms with Gasteiger partial charge in [-0.25, -0.2) is 0 Å². The summed E-state index contributed by atoms with van der Waals surface area (Å²) < 4.78 is 22.9. The number of carbonyl (C=O) groups is 1. The van der Waals surface area contributed by atoms with Crippen molar-refractivity contribution in [2.75, 3.05) is 19.8 Å². The molecule has 12 atom stereocenters. The molecule has 2 heterocycles. The van der Waals surface area contributed by atoms with Gasteiger partial charge in [0, 0.05) is 6.42 Å². The van der Waals surface area contributed by atoms with Crippen molar-refractivity contribution < 1.29 is 64.6 Å². The van der Waals surface area contributed by atoms with Gasteiger partial charge >= 0.3 is 0 Å². The first-order valence-electron chi connectivity index (χ1n) is 31.3. The van der Waals surface area contributed by atoms with Crippen LogP contribution in [0.3, 0.4) is 0 Å². The number of hydrogen-bond acceptors (Lipinski definition) is 13. The fourth-order valence-corrected chi connectivity index (χ4v) is 10.8. The van der Waals surface area contributed by atoms with E-state index in [-0.39, 0.29) is 12.5 Å². The average molecular weight is 1060 g/mol. The third-order valence-corrected chi connectivity index (χ3v) is 15.8. The Morgan fingerprint density at radius 2 is 0.770 bits per heavy atom. The zero-order valence-corrected chi connectivity index (χ0v) is 47.4. The van der Waals surface area contributed by atoms with Gasteiger partial charge in [-0.3, -0.25) is 4.79 Å². The van der Waals surface area contributed by atoms with Crippen LogP contribution in [0.2, 0.25) is 0 Å². The number of carbonyl (C=O) groups excluding carboxylic acids is 1. The first-order valence-corrected chi connectivity index (χ1v) is 31.3. The molecule has 2 fully saturated rings. The molecule has 1 amide bonds. The Morgan fingerprint density at radius 3 is 1.15 bits per heavy atom. The summed E-state index contributed by atoms with van der Waals surface area (Å²) in [5.74, 6) is -0.201. The second kappa shape index (κ2) is 46.9. The van der Waals surface area contributed by atoms with E-state index in [2.05, 4.69) is 19.2 Å². The largest absolute Gasteiger partial charge is 0.394 e.